The zero-order valence-electron chi connectivity index (χ0n) is 16.3. The first kappa shape index (κ1) is 18.8. The lowest BCUT2D eigenvalue weighted by atomic mass is 9.92. The lowest BCUT2D eigenvalue weighted by molar-refractivity contribution is 0.837. The number of aromatic nitrogens is 4. The van der Waals surface area contributed by atoms with Crippen molar-refractivity contribution >= 4 is 17.5 Å². The molecule has 0 aliphatic carbocycles. The first-order valence-electron chi connectivity index (χ1n) is 9.27. The number of pyridine rings is 1. The summed E-state index contributed by atoms with van der Waals surface area (Å²) in [6.45, 7) is 9.39. The molecule has 0 aliphatic rings. The van der Waals surface area contributed by atoms with E-state index in [9.17, 15) is 0 Å². The maximum absolute atomic E-state index is 4.57. The zero-order chi connectivity index (χ0) is 19.2. The minimum Gasteiger partial charge on any atom is -0.349 e. The number of nitrogens with one attached hydrogen (secondary N) is 2. The van der Waals surface area contributed by atoms with Crippen LogP contribution in [0.15, 0.2) is 48.9 Å². The molecule has 2 aromatic heterocycles. The van der Waals surface area contributed by atoms with Crippen molar-refractivity contribution in [1.29, 1.82) is 0 Å². The Morgan fingerprint density at radius 1 is 0.926 bits per heavy atom. The number of anilines is 3. The maximum Gasteiger partial charge on any atom is 0.244 e. The van der Waals surface area contributed by atoms with E-state index in [1.54, 1.807) is 12.4 Å². The highest BCUT2D eigenvalue weighted by Gasteiger charge is 2.14. The summed E-state index contributed by atoms with van der Waals surface area (Å²) in [5.41, 5.74) is 4.71. The van der Waals surface area contributed by atoms with Crippen molar-refractivity contribution in [1.82, 2.24) is 20.2 Å². The van der Waals surface area contributed by atoms with Crippen molar-refractivity contribution in [3.8, 4) is 0 Å². The van der Waals surface area contributed by atoms with Gasteiger partial charge in [-0.05, 0) is 34.6 Å². The second-order valence-electron chi connectivity index (χ2n) is 7.13. The molecule has 0 spiro atoms. The van der Waals surface area contributed by atoms with Crippen molar-refractivity contribution in [2.45, 2.75) is 46.1 Å². The van der Waals surface area contributed by atoms with Crippen LogP contribution in [0.2, 0.25) is 0 Å². The molecule has 6 nitrogen and oxygen atoms in total. The molecule has 0 atom stereocenters. The Bertz CT molecular complexity index is 851. The molecular weight excluding hydrogens is 336 g/mol. The number of hydrogen-bond donors (Lipinski definition) is 2. The Balaban J connectivity index is 1.82. The Morgan fingerprint density at radius 3 is 2.30 bits per heavy atom. The van der Waals surface area contributed by atoms with Crippen LogP contribution in [0.1, 0.15) is 56.2 Å². The highest BCUT2D eigenvalue weighted by molar-refractivity contribution is 5.66. The van der Waals surface area contributed by atoms with E-state index in [-0.39, 0.29) is 0 Å². The molecule has 140 valence electrons. The van der Waals surface area contributed by atoms with Gasteiger partial charge in [-0.3, -0.25) is 4.98 Å². The minimum absolute atomic E-state index is 0.407. The molecule has 0 fully saturated rings. The smallest absolute Gasteiger partial charge is 0.244 e. The van der Waals surface area contributed by atoms with Crippen molar-refractivity contribution in [2.75, 3.05) is 10.6 Å². The number of benzene rings is 1. The molecular formula is C21H26N6. The first-order valence-corrected chi connectivity index (χ1v) is 9.27. The highest BCUT2D eigenvalue weighted by Crippen LogP contribution is 2.34. The molecule has 3 aromatic rings. The van der Waals surface area contributed by atoms with Crippen molar-refractivity contribution in [2.24, 2.45) is 0 Å². The van der Waals surface area contributed by atoms with E-state index in [4.69, 9.17) is 0 Å². The van der Waals surface area contributed by atoms with E-state index in [1.165, 1.54) is 11.1 Å². The van der Waals surface area contributed by atoms with E-state index < -0.39 is 0 Å². The molecule has 2 heterocycles. The van der Waals surface area contributed by atoms with Gasteiger partial charge in [-0.15, -0.1) is 5.10 Å². The SMILES string of the molecule is CC(C)c1cccc(C(C)C)c1Nc1cnnc(NCc2cccnc2)n1. The van der Waals surface area contributed by atoms with Crippen LogP contribution in [-0.4, -0.2) is 20.2 Å². The molecule has 0 amide bonds. The fourth-order valence-electron chi connectivity index (χ4n) is 2.95. The highest BCUT2D eigenvalue weighted by atomic mass is 15.3. The topological polar surface area (TPSA) is 75.6 Å². The van der Waals surface area contributed by atoms with Crippen molar-refractivity contribution in [3.63, 3.8) is 0 Å². The molecule has 0 unspecified atom stereocenters. The van der Waals surface area contributed by atoms with Crippen LogP contribution >= 0.6 is 0 Å². The Kier molecular flexibility index (Phi) is 5.96. The molecule has 2 N–H and O–H groups in total. The molecule has 0 saturated heterocycles. The Hall–Kier alpha value is -3.02. The van der Waals surface area contributed by atoms with Crippen LogP contribution in [0, 0.1) is 0 Å². The van der Waals surface area contributed by atoms with Gasteiger partial charge in [0.05, 0.1) is 6.20 Å². The molecule has 0 aliphatic heterocycles. The monoisotopic (exact) mass is 362 g/mol. The molecule has 1 aromatic carbocycles. The van der Waals surface area contributed by atoms with Crippen LogP contribution in [0.3, 0.4) is 0 Å². The van der Waals surface area contributed by atoms with Gasteiger partial charge in [0.15, 0.2) is 5.82 Å². The fourth-order valence-corrected chi connectivity index (χ4v) is 2.95. The zero-order valence-corrected chi connectivity index (χ0v) is 16.3. The standard InChI is InChI=1S/C21H26N6/c1-14(2)17-8-5-9-18(15(3)4)20(17)25-19-13-24-27-21(26-19)23-12-16-7-6-10-22-11-16/h5-11,13-15H,12H2,1-4H3,(H2,23,25,26,27). The summed E-state index contributed by atoms with van der Waals surface area (Å²) in [4.78, 5) is 8.68. The predicted molar refractivity (Wildman–Crippen MR) is 109 cm³/mol. The predicted octanol–water partition coefficient (Wildman–Crippen LogP) is 4.87. The lowest BCUT2D eigenvalue weighted by Gasteiger charge is -2.20. The summed E-state index contributed by atoms with van der Waals surface area (Å²) < 4.78 is 0. The Labute approximate surface area is 160 Å². The van der Waals surface area contributed by atoms with E-state index in [0.717, 1.165) is 11.3 Å². The summed E-state index contributed by atoms with van der Waals surface area (Å²) in [5, 5.41) is 14.8. The van der Waals surface area contributed by atoms with Crippen molar-refractivity contribution < 1.29 is 0 Å². The van der Waals surface area contributed by atoms with Gasteiger partial charge in [0.2, 0.25) is 5.95 Å². The molecule has 0 saturated carbocycles. The van der Waals surface area contributed by atoms with Crippen molar-refractivity contribution in [3.05, 3.63) is 65.6 Å². The quantitative estimate of drug-likeness (QED) is 0.624. The van der Waals surface area contributed by atoms with Gasteiger partial charge in [0, 0.05) is 24.6 Å². The van der Waals surface area contributed by atoms with Gasteiger partial charge < -0.3 is 10.6 Å². The first-order chi connectivity index (χ1) is 13.0. The van der Waals surface area contributed by atoms with E-state index >= 15 is 0 Å². The molecule has 0 radical (unpaired) electrons. The summed E-state index contributed by atoms with van der Waals surface area (Å²) >= 11 is 0. The van der Waals surface area contributed by atoms with Gasteiger partial charge >= 0.3 is 0 Å². The van der Waals surface area contributed by atoms with Gasteiger partial charge in [-0.1, -0.05) is 52.0 Å². The average molecular weight is 362 g/mol. The average Bonchev–Trinajstić information content (AvgIpc) is 2.67. The van der Waals surface area contributed by atoms with Crippen LogP contribution in [0.4, 0.5) is 17.5 Å². The maximum atomic E-state index is 4.57. The number of rotatable bonds is 7. The van der Waals surface area contributed by atoms with E-state index in [2.05, 4.69) is 76.7 Å². The van der Waals surface area contributed by atoms with Crippen LogP contribution in [-0.2, 0) is 6.54 Å². The molecule has 0 bridgehead atoms. The third kappa shape index (κ3) is 4.78. The van der Waals surface area contributed by atoms with E-state index in [1.807, 2.05) is 18.3 Å². The normalized spacial score (nSPS) is 11.0. The van der Waals surface area contributed by atoms with Crippen LogP contribution < -0.4 is 10.6 Å². The molecule has 3 rings (SSSR count). The second kappa shape index (κ2) is 8.58. The molecule has 27 heavy (non-hydrogen) atoms. The summed E-state index contributed by atoms with van der Waals surface area (Å²) in [5.74, 6) is 1.97. The minimum atomic E-state index is 0.407. The number of nitrogens with zero attached hydrogens (tertiary/aromatic N) is 4. The third-order valence-corrected chi connectivity index (χ3v) is 4.36. The second-order valence-corrected chi connectivity index (χ2v) is 7.13. The number of hydrogen-bond acceptors (Lipinski definition) is 6. The number of para-hydroxylation sites is 1. The molecule has 6 heteroatoms. The van der Waals surface area contributed by atoms with Gasteiger partial charge in [-0.25, -0.2) is 0 Å². The Morgan fingerprint density at radius 2 is 1.67 bits per heavy atom. The summed E-state index contributed by atoms with van der Waals surface area (Å²) in [6, 6.07) is 10.4. The third-order valence-electron chi connectivity index (χ3n) is 4.36. The largest absolute Gasteiger partial charge is 0.349 e. The summed E-state index contributed by atoms with van der Waals surface area (Å²) in [6.07, 6.45) is 5.22. The lowest BCUT2D eigenvalue weighted by Crippen LogP contribution is -2.08. The van der Waals surface area contributed by atoms with Gasteiger partial charge in [0.25, 0.3) is 0 Å². The van der Waals surface area contributed by atoms with Gasteiger partial charge in [-0.2, -0.15) is 10.1 Å². The fraction of sp³-hybridized carbons (Fsp3) is 0.333. The van der Waals surface area contributed by atoms with Gasteiger partial charge in [0.1, 0.15) is 0 Å². The van der Waals surface area contributed by atoms with Crippen LogP contribution in [0.25, 0.3) is 0 Å². The summed E-state index contributed by atoms with van der Waals surface area (Å²) in [7, 11) is 0. The van der Waals surface area contributed by atoms with Crippen LogP contribution in [0.5, 0.6) is 0 Å². The van der Waals surface area contributed by atoms with E-state index in [0.29, 0.717) is 30.1 Å².